The molecule has 3 heteroatoms. The third-order valence-electron chi connectivity index (χ3n) is 1.78. The molecule has 65 valence electrons. The lowest BCUT2D eigenvalue weighted by molar-refractivity contribution is 0.762. The van der Waals surface area contributed by atoms with Crippen molar-refractivity contribution in [1.29, 1.82) is 0 Å². The van der Waals surface area contributed by atoms with Crippen LogP contribution in [0.25, 0.3) is 11.1 Å². The first-order chi connectivity index (χ1) is 6.25. The fourth-order valence-electron chi connectivity index (χ4n) is 1.17. The fraction of sp³-hybridized carbons (Fsp3) is 0.100. The van der Waals surface area contributed by atoms with Crippen LogP contribution in [0.1, 0.15) is 0 Å². The van der Waals surface area contributed by atoms with Gasteiger partial charge in [0.15, 0.2) is 0 Å². The monoisotopic (exact) mass is 191 g/mol. The van der Waals surface area contributed by atoms with Crippen LogP contribution in [0.4, 0.5) is 0 Å². The SMILES string of the molecule is Cn1[c]c(-c2cccc(Cl)c2)cn1. The van der Waals surface area contributed by atoms with Crippen LogP contribution in [0.3, 0.4) is 0 Å². The van der Waals surface area contributed by atoms with Gasteiger partial charge in [0.25, 0.3) is 0 Å². The molecule has 2 rings (SSSR count). The minimum absolute atomic E-state index is 0.731. The number of benzene rings is 1. The van der Waals surface area contributed by atoms with Gasteiger partial charge in [0.1, 0.15) is 0 Å². The summed E-state index contributed by atoms with van der Waals surface area (Å²) >= 11 is 5.86. The molecule has 1 heterocycles. The van der Waals surface area contributed by atoms with Gasteiger partial charge < -0.3 is 0 Å². The van der Waals surface area contributed by atoms with Crippen molar-refractivity contribution in [2.45, 2.75) is 0 Å². The van der Waals surface area contributed by atoms with Crippen molar-refractivity contribution in [2.75, 3.05) is 0 Å². The molecule has 0 bridgehead atoms. The molecule has 1 aromatic carbocycles. The van der Waals surface area contributed by atoms with Crippen molar-refractivity contribution in [1.82, 2.24) is 9.78 Å². The van der Waals surface area contributed by atoms with Crippen LogP contribution in [0, 0.1) is 6.20 Å². The molecule has 0 N–H and O–H groups in total. The van der Waals surface area contributed by atoms with E-state index >= 15 is 0 Å². The molecule has 0 saturated heterocycles. The third kappa shape index (κ3) is 1.73. The van der Waals surface area contributed by atoms with Crippen molar-refractivity contribution in [2.24, 2.45) is 7.05 Å². The Kier molecular flexibility index (Phi) is 2.07. The second kappa shape index (κ2) is 3.23. The summed E-state index contributed by atoms with van der Waals surface area (Å²) in [6.07, 6.45) is 4.84. The Hall–Kier alpha value is -1.28. The van der Waals surface area contributed by atoms with Crippen LogP contribution < -0.4 is 0 Å². The highest BCUT2D eigenvalue weighted by atomic mass is 35.5. The van der Waals surface area contributed by atoms with Gasteiger partial charge in [0.2, 0.25) is 0 Å². The smallest absolute Gasteiger partial charge is 0.0944 e. The Balaban J connectivity index is 2.46. The number of rotatable bonds is 1. The van der Waals surface area contributed by atoms with E-state index in [2.05, 4.69) is 11.3 Å². The summed E-state index contributed by atoms with van der Waals surface area (Å²) in [6.45, 7) is 0. The molecule has 0 spiro atoms. The first kappa shape index (κ1) is 8.32. The molecule has 2 nitrogen and oxygen atoms in total. The lowest BCUT2D eigenvalue weighted by atomic mass is 10.1. The van der Waals surface area contributed by atoms with Crippen molar-refractivity contribution in [3.63, 3.8) is 0 Å². The fourth-order valence-corrected chi connectivity index (χ4v) is 1.36. The summed E-state index contributed by atoms with van der Waals surface area (Å²) in [5.74, 6) is 0. The van der Waals surface area contributed by atoms with Crippen LogP contribution in [0.5, 0.6) is 0 Å². The van der Waals surface area contributed by atoms with E-state index in [0.29, 0.717) is 0 Å². The first-order valence-corrected chi connectivity index (χ1v) is 4.31. The van der Waals surface area contributed by atoms with Gasteiger partial charge in [-0.15, -0.1) is 0 Å². The van der Waals surface area contributed by atoms with Crippen LogP contribution in [-0.2, 0) is 7.05 Å². The number of halogens is 1. The van der Waals surface area contributed by atoms with Crippen LogP contribution >= 0.6 is 11.6 Å². The second-order valence-corrected chi connectivity index (χ2v) is 3.24. The van der Waals surface area contributed by atoms with E-state index in [4.69, 9.17) is 11.6 Å². The molecule has 0 unspecified atom stereocenters. The summed E-state index contributed by atoms with van der Waals surface area (Å²) in [5.41, 5.74) is 2.01. The van der Waals surface area contributed by atoms with E-state index in [1.54, 1.807) is 10.9 Å². The number of aromatic nitrogens is 2. The van der Waals surface area contributed by atoms with Crippen molar-refractivity contribution >= 4 is 11.6 Å². The normalized spacial score (nSPS) is 10.3. The summed E-state index contributed by atoms with van der Waals surface area (Å²) in [6, 6.07) is 7.65. The molecule has 2 aromatic rings. The van der Waals surface area contributed by atoms with Crippen molar-refractivity contribution < 1.29 is 0 Å². The maximum absolute atomic E-state index is 5.86. The highest BCUT2D eigenvalue weighted by Crippen LogP contribution is 2.21. The van der Waals surface area contributed by atoms with Crippen LogP contribution in [0.15, 0.2) is 30.5 Å². The maximum atomic E-state index is 5.86. The zero-order valence-corrected chi connectivity index (χ0v) is 7.92. The molecule has 0 aliphatic heterocycles. The van der Waals surface area contributed by atoms with E-state index in [9.17, 15) is 0 Å². The van der Waals surface area contributed by atoms with Crippen LogP contribution in [-0.4, -0.2) is 9.78 Å². The Labute approximate surface area is 81.8 Å². The first-order valence-electron chi connectivity index (χ1n) is 3.93. The van der Waals surface area contributed by atoms with E-state index in [-0.39, 0.29) is 0 Å². The molecular weight excluding hydrogens is 184 g/mol. The molecule has 0 saturated carbocycles. The minimum Gasteiger partial charge on any atom is -0.266 e. The lowest BCUT2D eigenvalue weighted by Crippen LogP contribution is -1.84. The molecule has 0 atom stereocenters. The Morgan fingerprint density at radius 1 is 1.46 bits per heavy atom. The summed E-state index contributed by atoms with van der Waals surface area (Å²) < 4.78 is 1.65. The van der Waals surface area contributed by atoms with Crippen molar-refractivity contribution in [3.8, 4) is 11.1 Å². The van der Waals surface area contributed by atoms with E-state index in [0.717, 1.165) is 16.1 Å². The molecule has 0 fully saturated rings. The van der Waals surface area contributed by atoms with Gasteiger partial charge in [-0.05, 0) is 17.7 Å². The van der Waals surface area contributed by atoms with E-state index in [1.165, 1.54) is 0 Å². The summed E-state index contributed by atoms with van der Waals surface area (Å²) in [7, 11) is 1.84. The molecule has 0 aliphatic carbocycles. The predicted octanol–water partition coefficient (Wildman–Crippen LogP) is 2.54. The van der Waals surface area contributed by atoms with Gasteiger partial charge in [-0.25, -0.2) is 0 Å². The van der Waals surface area contributed by atoms with Gasteiger partial charge in [0, 0.05) is 17.6 Å². The zero-order chi connectivity index (χ0) is 9.26. The van der Waals surface area contributed by atoms with Crippen LogP contribution in [0.2, 0.25) is 5.02 Å². The standard InChI is InChI=1S/C10H8ClN2/c1-13-7-9(6-12-13)8-3-2-4-10(11)5-8/h2-6H,1H3. The number of hydrogen-bond donors (Lipinski definition) is 0. The highest BCUT2D eigenvalue weighted by Gasteiger charge is 2.00. The second-order valence-electron chi connectivity index (χ2n) is 2.80. The highest BCUT2D eigenvalue weighted by molar-refractivity contribution is 6.30. The van der Waals surface area contributed by atoms with Gasteiger partial charge in [-0.3, -0.25) is 4.68 Å². The van der Waals surface area contributed by atoms with E-state index in [1.807, 2.05) is 31.3 Å². The molecular formula is C10H8ClN2. The average Bonchev–Trinajstić information content (AvgIpc) is 2.52. The number of hydrogen-bond acceptors (Lipinski definition) is 1. The van der Waals surface area contributed by atoms with E-state index < -0.39 is 0 Å². The molecule has 1 radical (unpaired) electrons. The summed E-state index contributed by atoms with van der Waals surface area (Å²) in [4.78, 5) is 0. The third-order valence-corrected chi connectivity index (χ3v) is 2.01. The largest absolute Gasteiger partial charge is 0.266 e. The number of nitrogens with zero attached hydrogens (tertiary/aromatic N) is 2. The quantitative estimate of drug-likeness (QED) is 0.678. The van der Waals surface area contributed by atoms with Gasteiger partial charge in [0.05, 0.1) is 12.4 Å². The van der Waals surface area contributed by atoms with Gasteiger partial charge in [-0.1, -0.05) is 23.7 Å². The zero-order valence-electron chi connectivity index (χ0n) is 7.16. The predicted molar refractivity (Wildman–Crippen MR) is 52.5 cm³/mol. The number of aryl methyl sites for hydroxylation is 1. The summed E-state index contributed by atoms with van der Waals surface area (Å²) in [5, 5.41) is 4.77. The maximum Gasteiger partial charge on any atom is 0.0944 e. The van der Waals surface area contributed by atoms with Gasteiger partial charge >= 0.3 is 0 Å². The molecule has 1 aromatic heterocycles. The lowest BCUT2D eigenvalue weighted by Gasteiger charge is -1.95. The van der Waals surface area contributed by atoms with Crippen molar-refractivity contribution in [3.05, 3.63) is 41.7 Å². The Bertz CT molecular complexity index is 420. The van der Waals surface area contributed by atoms with Gasteiger partial charge in [-0.2, -0.15) is 5.10 Å². The molecule has 13 heavy (non-hydrogen) atoms. The topological polar surface area (TPSA) is 17.8 Å². The average molecular weight is 192 g/mol. The Morgan fingerprint density at radius 2 is 2.31 bits per heavy atom. The molecule has 0 aliphatic rings. The minimum atomic E-state index is 0.731. The Morgan fingerprint density at radius 3 is 2.92 bits per heavy atom. The molecule has 0 amide bonds.